The minimum absolute atomic E-state index is 0.0162. The summed E-state index contributed by atoms with van der Waals surface area (Å²) in [5.41, 5.74) is 5.88. The van der Waals surface area contributed by atoms with Crippen LogP contribution in [0.1, 0.15) is 18.9 Å². The summed E-state index contributed by atoms with van der Waals surface area (Å²) in [6.07, 6.45) is 10.1. The maximum atomic E-state index is 15.2. The van der Waals surface area contributed by atoms with Crippen LogP contribution in [-0.4, -0.2) is 70.8 Å². The van der Waals surface area contributed by atoms with Crippen molar-refractivity contribution >= 4 is 50.3 Å². The lowest BCUT2D eigenvalue weighted by atomic mass is 10.1. The second-order valence-corrected chi connectivity index (χ2v) is 13.6. The molecule has 3 atom stereocenters. The first-order valence-corrected chi connectivity index (χ1v) is 17.7. The van der Waals surface area contributed by atoms with Crippen LogP contribution in [0.5, 0.6) is 11.5 Å². The largest absolute Gasteiger partial charge is 0.453 e. The number of nitrogens with zero attached hydrogens (tertiary/aromatic N) is 3. The molecule has 4 aromatic rings. The first kappa shape index (κ1) is 34.6. The molecule has 7 rings (SSSR count). The van der Waals surface area contributed by atoms with Gasteiger partial charge in [0.15, 0.2) is 11.6 Å². The molecule has 4 heterocycles. The van der Waals surface area contributed by atoms with Gasteiger partial charge in [-0.05, 0) is 67.5 Å². The Morgan fingerprint density at radius 3 is 2.78 bits per heavy atom. The van der Waals surface area contributed by atoms with E-state index in [0.717, 1.165) is 59.1 Å². The molecule has 1 aromatic carbocycles. The van der Waals surface area contributed by atoms with E-state index in [4.69, 9.17) is 30.8 Å². The highest BCUT2D eigenvalue weighted by molar-refractivity contribution is 7.22. The summed E-state index contributed by atoms with van der Waals surface area (Å²) in [4.78, 5) is 36.2. The molecule has 51 heavy (non-hydrogen) atoms. The molecule has 0 bridgehead atoms. The monoisotopic (exact) mass is 728 g/mol. The summed E-state index contributed by atoms with van der Waals surface area (Å²) in [5, 5.41) is 8.90. The molecule has 0 radical (unpaired) electrons. The molecule has 3 aliphatic rings. The number of halogens is 2. The number of hydrogen-bond donors (Lipinski definition) is 3. The Bertz CT molecular complexity index is 2070. The van der Waals surface area contributed by atoms with Crippen LogP contribution in [0.2, 0.25) is 0 Å². The van der Waals surface area contributed by atoms with Gasteiger partial charge in [0.25, 0.3) is 0 Å². The number of allylic oxidation sites excluding steroid dienone is 2. The van der Waals surface area contributed by atoms with Gasteiger partial charge < -0.3 is 30.2 Å². The molecule has 11 nitrogen and oxygen atoms in total. The summed E-state index contributed by atoms with van der Waals surface area (Å²) in [6, 6.07) is 11.4. The lowest BCUT2D eigenvalue weighted by Gasteiger charge is -2.27. The average Bonchev–Trinajstić information content (AvgIpc) is 3.75. The van der Waals surface area contributed by atoms with Crippen LogP contribution in [0.15, 0.2) is 96.2 Å². The van der Waals surface area contributed by atoms with Crippen molar-refractivity contribution in [2.24, 2.45) is 0 Å². The summed E-state index contributed by atoms with van der Waals surface area (Å²) >= 11 is 6.76. The van der Waals surface area contributed by atoms with Crippen molar-refractivity contribution in [3.8, 4) is 22.1 Å². The van der Waals surface area contributed by atoms with E-state index in [0.29, 0.717) is 12.2 Å². The molecule has 3 N–H and O–H groups in total. The Kier molecular flexibility index (Phi) is 10.5. The maximum absolute atomic E-state index is 15.2. The standard InChI is InChI=1S/C37H34ClFN6O5S/c1-22(24-3-2-4-26(8-6-24)49-36(38)46)48-33-18-29(33)44-37(47)43-25-7-10-31(27(39)17-25)50-32-11-12-41-30-19-34(51-35(30)32)28-9-5-23(20-42-28)21-45-15-13-40-14-16-45/h2,4-12,17,19-20,22,29,33,40H,13-16,18,21H2,1H3,(H2,43,44,47). The molecular formula is C37H34ClFN6O5S. The predicted molar refractivity (Wildman–Crippen MR) is 194 cm³/mol. The summed E-state index contributed by atoms with van der Waals surface area (Å²) < 4.78 is 33.0. The van der Waals surface area contributed by atoms with E-state index in [1.807, 2.05) is 25.3 Å². The fourth-order valence-corrected chi connectivity index (χ4v) is 6.88. The topological polar surface area (TPSA) is 127 Å². The van der Waals surface area contributed by atoms with Gasteiger partial charge in [-0.1, -0.05) is 6.07 Å². The van der Waals surface area contributed by atoms with Crippen LogP contribution in [-0.2, 0) is 16.0 Å². The number of fused-ring (bicyclic) bond motifs is 1. The van der Waals surface area contributed by atoms with Crippen LogP contribution < -0.4 is 20.7 Å². The molecule has 2 aliphatic carbocycles. The number of benzene rings is 1. The van der Waals surface area contributed by atoms with E-state index in [9.17, 15) is 9.59 Å². The Morgan fingerprint density at radius 1 is 1.14 bits per heavy atom. The molecule has 0 spiro atoms. The van der Waals surface area contributed by atoms with Crippen LogP contribution in [0, 0.1) is 5.82 Å². The van der Waals surface area contributed by atoms with Crippen LogP contribution >= 0.6 is 22.9 Å². The number of anilines is 1. The van der Waals surface area contributed by atoms with Gasteiger partial charge in [0.1, 0.15) is 11.5 Å². The van der Waals surface area contributed by atoms with Gasteiger partial charge in [-0.25, -0.2) is 14.0 Å². The van der Waals surface area contributed by atoms with Crippen molar-refractivity contribution < 1.29 is 28.2 Å². The first-order valence-electron chi connectivity index (χ1n) is 16.5. The summed E-state index contributed by atoms with van der Waals surface area (Å²) in [5.74, 6) is 0.140. The zero-order valence-electron chi connectivity index (χ0n) is 27.5. The number of carbonyl (C=O) groups is 2. The van der Waals surface area contributed by atoms with Gasteiger partial charge in [0.05, 0.1) is 39.0 Å². The Labute approximate surface area is 302 Å². The highest BCUT2D eigenvalue weighted by Gasteiger charge is 2.41. The number of hydrogen-bond acceptors (Lipinski definition) is 10. The summed E-state index contributed by atoms with van der Waals surface area (Å²) in [7, 11) is 0. The van der Waals surface area contributed by atoms with Crippen molar-refractivity contribution in [3.63, 3.8) is 0 Å². The average molecular weight is 729 g/mol. The summed E-state index contributed by atoms with van der Waals surface area (Å²) in [6.45, 7) is 6.78. The van der Waals surface area contributed by atoms with Crippen molar-refractivity contribution in [1.29, 1.82) is 0 Å². The van der Waals surface area contributed by atoms with Gasteiger partial charge in [-0.2, -0.15) is 0 Å². The number of urea groups is 1. The molecule has 1 saturated heterocycles. The fraction of sp³-hybridized carbons (Fsp3) is 0.270. The third-order valence-electron chi connectivity index (χ3n) is 8.47. The van der Waals surface area contributed by atoms with Gasteiger partial charge in [0, 0.05) is 80.1 Å². The van der Waals surface area contributed by atoms with E-state index in [1.165, 1.54) is 29.0 Å². The SMILES string of the molecule is CC(OC1CC1NC(=O)Nc1ccc(Oc2ccnc3cc(-c4ccc(CN5CCNCC5)cn4)sc23)c(F)c1)C1=C=CC=C(OC(=O)Cl)C=C1. The smallest absolute Gasteiger partial charge is 0.409 e. The molecule has 2 fully saturated rings. The Morgan fingerprint density at radius 2 is 2.00 bits per heavy atom. The van der Waals surface area contributed by atoms with E-state index in [-0.39, 0.29) is 35.4 Å². The molecule has 3 unspecified atom stereocenters. The quantitative estimate of drug-likeness (QED) is 0.108. The zero-order chi connectivity index (χ0) is 35.3. The third-order valence-corrected chi connectivity index (χ3v) is 9.71. The second kappa shape index (κ2) is 15.6. The maximum Gasteiger partial charge on any atom is 0.409 e. The predicted octanol–water partition coefficient (Wildman–Crippen LogP) is 7.27. The van der Waals surface area contributed by atoms with E-state index < -0.39 is 17.3 Å². The van der Waals surface area contributed by atoms with E-state index >= 15 is 4.39 Å². The lowest BCUT2D eigenvalue weighted by molar-refractivity contribution is 0.0730. The number of aromatic nitrogens is 2. The first-order chi connectivity index (χ1) is 24.8. The van der Waals surface area contributed by atoms with Crippen LogP contribution in [0.4, 0.5) is 19.7 Å². The van der Waals surface area contributed by atoms with Crippen molar-refractivity contribution in [2.75, 3.05) is 31.5 Å². The highest BCUT2D eigenvalue weighted by atomic mass is 35.5. The lowest BCUT2D eigenvalue weighted by Crippen LogP contribution is -2.42. The number of carbonyl (C=O) groups excluding carboxylic acids is 2. The molecule has 262 valence electrons. The van der Waals surface area contributed by atoms with Crippen molar-refractivity contribution in [3.05, 3.63) is 108 Å². The number of thiophene rings is 1. The molecule has 1 saturated carbocycles. The van der Waals surface area contributed by atoms with Gasteiger partial charge in [0.2, 0.25) is 0 Å². The van der Waals surface area contributed by atoms with Crippen LogP contribution in [0.3, 0.4) is 0 Å². The zero-order valence-corrected chi connectivity index (χ0v) is 29.1. The number of amides is 2. The fourth-order valence-electron chi connectivity index (χ4n) is 5.75. The molecule has 14 heteroatoms. The van der Waals surface area contributed by atoms with Gasteiger partial charge in [-0.3, -0.25) is 14.9 Å². The molecular weight excluding hydrogens is 695 g/mol. The normalized spacial score (nSPS) is 19.1. The van der Waals surface area contributed by atoms with Gasteiger partial charge in [-0.15, -0.1) is 17.1 Å². The van der Waals surface area contributed by atoms with E-state index in [2.05, 4.69) is 37.6 Å². The minimum atomic E-state index is -0.930. The minimum Gasteiger partial charge on any atom is -0.453 e. The number of ether oxygens (including phenoxy) is 3. The second-order valence-electron chi connectivity index (χ2n) is 12.2. The Hall–Kier alpha value is -4.88. The number of nitrogens with one attached hydrogen (secondary N) is 3. The molecule has 2 amide bonds. The van der Waals surface area contributed by atoms with Crippen LogP contribution in [0.25, 0.3) is 20.8 Å². The number of rotatable bonds is 11. The molecule has 3 aromatic heterocycles. The molecule has 1 aliphatic heterocycles. The Balaban J connectivity index is 0.920. The number of pyridine rings is 2. The van der Waals surface area contributed by atoms with Gasteiger partial charge >= 0.3 is 11.5 Å². The van der Waals surface area contributed by atoms with Crippen molar-refractivity contribution in [1.82, 2.24) is 25.5 Å². The van der Waals surface area contributed by atoms with Crippen molar-refractivity contribution in [2.45, 2.75) is 38.1 Å². The third kappa shape index (κ3) is 8.89. The highest BCUT2D eigenvalue weighted by Crippen LogP contribution is 2.39. The number of piperazine rings is 1. The van der Waals surface area contributed by atoms with E-state index in [1.54, 1.807) is 42.6 Å².